The highest BCUT2D eigenvalue weighted by atomic mass is 16.2. The van der Waals surface area contributed by atoms with Crippen molar-refractivity contribution in [2.24, 2.45) is 5.92 Å². The highest BCUT2D eigenvalue weighted by Crippen LogP contribution is 2.25. The van der Waals surface area contributed by atoms with Gasteiger partial charge >= 0.3 is 0 Å². The molecule has 3 aliphatic rings. The van der Waals surface area contributed by atoms with Gasteiger partial charge in [-0.15, -0.1) is 0 Å². The van der Waals surface area contributed by atoms with Crippen molar-refractivity contribution in [3.63, 3.8) is 0 Å². The average molecular weight is 477 g/mol. The first kappa shape index (κ1) is 24.0. The van der Waals surface area contributed by atoms with Crippen LogP contribution in [0.4, 0.5) is 11.5 Å². The summed E-state index contributed by atoms with van der Waals surface area (Å²) in [6.07, 6.45) is 10.0. The molecule has 1 amide bonds. The molecule has 0 radical (unpaired) electrons. The maximum atomic E-state index is 13.3. The number of anilines is 2. The van der Waals surface area contributed by atoms with Gasteiger partial charge in [0, 0.05) is 50.0 Å². The molecule has 1 N–H and O–H groups in total. The van der Waals surface area contributed by atoms with Gasteiger partial charge in [-0.25, -0.2) is 9.97 Å². The smallest absolute Gasteiger partial charge is 0.272 e. The summed E-state index contributed by atoms with van der Waals surface area (Å²) in [6.45, 7) is 9.13. The van der Waals surface area contributed by atoms with Crippen LogP contribution in [0.1, 0.15) is 61.0 Å². The second kappa shape index (κ2) is 11.4. The number of para-hydroxylation sites is 1. The van der Waals surface area contributed by atoms with E-state index in [0.29, 0.717) is 17.7 Å². The Morgan fingerprint density at radius 3 is 2.34 bits per heavy atom. The van der Waals surface area contributed by atoms with Gasteiger partial charge in [0.1, 0.15) is 17.8 Å². The zero-order chi connectivity index (χ0) is 24.0. The van der Waals surface area contributed by atoms with Crippen molar-refractivity contribution in [2.75, 3.05) is 56.0 Å². The molecule has 3 saturated heterocycles. The van der Waals surface area contributed by atoms with E-state index in [1.165, 1.54) is 38.0 Å². The lowest BCUT2D eigenvalue weighted by atomic mass is 9.96. The highest BCUT2D eigenvalue weighted by molar-refractivity contribution is 5.94. The molecule has 35 heavy (non-hydrogen) atoms. The second-order valence-electron chi connectivity index (χ2n) is 10.5. The molecule has 1 aromatic carbocycles. The minimum Gasteiger partial charge on any atom is -0.372 e. The zero-order valence-electron chi connectivity index (χ0n) is 21.2. The van der Waals surface area contributed by atoms with E-state index in [1.807, 2.05) is 11.8 Å². The number of hydrogen-bond acceptors (Lipinski definition) is 6. The van der Waals surface area contributed by atoms with Crippen LogP contribution < -0.4 is 10.2 Å². The average Bonchev–Trinajstić information content (AvgIpc) is 2.93. The van der Waals surface area contributed by atoms with Crippen LogP contribution in [-0.2, 0) is 0 Å². The first-order valence-electron chi connectivity index (χ1n) is 13.6. The predicted octanol–water partition coefficient (Wildman–Crippen LogP) is 4.20. The fourth-order valence-electron chi connectivity index (χ4n) is 5.99. The molecule has 3 aliphatic heterocycles. The van der Waals surface area contributed by atoms with Crippen LogP contribution in [0.2, 0.25) is 0 Å². The van der Waals surface area contributed by atoms with E-state index in [0.717, 1.165) is 69.8 Å². The molecule has 0 unspecified atom stereocenters. The fourth-order valence-corrected chi connectivity index (χ4v) is 5.99. The van der Waals surface area contributed by atoms with Gasteiger partial charge in [-0.05, 0) is 76.6 Å². The molecule has 0 spiro atoms. The van der Waals surface area contributed by atoms with Crippen LogP contribution in [0.25, 0.3) is 0 Å². The topological polar surface area (TPSA) is 64.6 Å². The van der Waals surface area contributed by atoms with Gasteiger partial charge in [-0.1, -0.05) is 24.6 Å². The van der Waals surface area contributed by atoms with E-state index in [1.54, 1.807) is 6.33 Å². The third kappa shape index (κ3) is 5.77. The van der Waals surface area contributed by atoms with E-state index in [9.17, 15) is 4.79 Å². The lowest BCUT2D eigenvalue weighted by Crippen LogP contribution is -2.48. The fraction of sp³-hybridized carbons (Fsp3) is 0.607. The molecule has 0 saturated carbocycles. The van der Waals surface area contributed by atoms with Crippen molar-refractivity contribution in [1.29, 1.82) is 0 Å². The summed E-state index contributed by atoms with van der Waals surface area (Å²) < 4.78 is 0. The Morgan fingerprint density at radius 1 is 0.914 bits per heavy atom. The predicted molar refractivity (Wildman–Crippen MR) is 141 cm³/mol. The quantitative estimate of drug-likeness (QED) is 0.674. The summed E-state index contributed by atoms with van der Waals surface area (Å²) in [5.41, 5.74) is 2.74. The number of rotatable bonds is 6. The van der Waals surface area contributed by atoms with Crippen LogP contribution in [0.5, 0.6) is 0 Å². The van der Waals surface area contributed by atoms with Crippen LogP contribution in [0, 0.1) is 12.8 Å². The SMILES string of the molecule is Cc1c(NCC2CCN(c3ccccc3)CC2)ncnc1C(=O)N1CCC(N2CCCCC2)CC1. The molecule has 5 rings (SSSR count). The number of carbonyl (C=O) groups is 1. The molecule has 0 aliphatic carbocycles. The number of aromatic nitrogens is 2. The van der Waals surface area contributed by atoms with Gasteiger partial charge in [0.05, 0.1) is 0 Å². The summed E-state index contributed by atoms with van der Waals surface area (Å²) in [7, 11) is 0. The lowest BCUT2D eigenvalue weighted by Gasteiger charge is -2.40. The van der Waals surface area contributed by atoms with Crippen molar-refractivity contribution >= 4 is 17.4 Å². The maximum Gasteiger partial charge on any atom is 0.272 e. The molecule has 188 valence electrons. The van der Waals surface area contributed by atoms with Crippen molar-refractivity contribution in [3.05, 3.63) is 47.9 Å². The van der Waals surface area contributed by atoms with E-state index in [4.69, 9.17) is 0 Å². The molecular formula is C28H40N6O. The number of nitrogens with one attached hydrogen (secondary N) is 1. The summed E-state index contributed by atoms with van der Waals surface area (Å²) >= 11 is 0. The van der Waals surface area contributed by atoms with E-state index < -0.39 is 0 Å². The summed E-state index contributed by atoms with van der Waals surface area (Å²) in [6, 6.07) is 11.3. The van der Waals surface area contributed by atoms with Crippen LogP contribution in [0.3, 0.4) is 0 Å². The Bertz CT molecular complexity index is 961. The maximum absolute atomic E-state index is 13.3. The standard InChI is InChI=1S/C28H40N6O/c1-22-26(28(35)34-18-12-25(13-19-34)32-14-6-3-7-15-32)30-21-31-27(22)29-20-23-10-16-33(17-11-23)24-8-4-2-5-9-24/h2,4-5,8-9,21,23,25H,3,6-7,10-20H2,1H3,(H,29,30,31). The normalized spacial score (nSPS) is 20.7. The zero-order valence-corrected chi connectivity index (χ0v) is 21.2. The van der Waals surface area contributed by atoms with Crippen LogP contribution in [-0.4, -0.2) is 77.5 Å². The Balaban J connectivity index is 1.12. The molecule has 1 aromatic heterocycles. The number of amides is 1. The first-order valence-corrected chi connectivity index (χ1v) is 13.6. The van der Waals surface area contributed by atoms with Crippen molar-refractivity contribution in [2.45, 2.75) is 57.9 Å². The first-order chi connectivity index (χ1) is 17.2. The molecule has 3 fully saturated rings. The number of hydrogen-bond donors (Lipinski definition) is 1. The van der Waals surface area contributed by atoms with Crippen molar-refractivity contribution in [3.8, 4) is 0 Å². The monoisotopic (exact) mass is 476 g/mol. The second-order valence-corrected chi connectivity index (χ2v) is 10.5. The van der Waals surface area contributed by atoms with Gasteiger partial charge in [0.25, 0.3) is 5.91 Å². The number of carbonyl (C=O) groups excluding carboxylic acids is 1. The van der Waals surface area contributed by atoms with Crippen molar-refractivity contribution < 1.29 is 4.79 Å². The van der Waals surface area contributed by atoms with Crippen LogP contribution in [0.15, 0.2) is 36.7 Å². The molecule has 7 heteroatoms. The number of nitrogens with zero attached hydrogens (tertiary/aromatic N) is 5. The minimum absolute atomic E-state index is 0.0567. The Kier molecular flexibility index (Phi) is 7.82. The van der Waals surface area contributed by atoms with Crippen molar-refractivity contribution in [1.82, 2.24) is 19.8 Å². The Morgan fingerprint density at radius 2 is 1.63 bits per heavy atom. The van der Waals surface area contributed by atoms with Gasteiger partial charge in [-0.3, -0.25) is 4.79 Å². The number of benzene rings is 1. The Hall–Kier alpha value is -2.67. The highest BCUT2D eigenvalue weighted by Gasteiger charge is 2.29. The third-order valence-electron chi connectivity index (χ3n) is 8.24. The molecular weight excluding hydrogens is 436 g/mol. The molecule has 7 nitrogen and oxygen atoms in total. The summed E-state index contributed by atoms with van der Waals surface area (Å²) in [5.74, 6) is 1.47. The molecule has 0 atom stereocenters. The number of piperidine rings is 3. The summed E-state index contributed by atoms with van der Waals surface area (Å²) in [5, 5.41) is 3.54. The number of likely N-dealkylation sites (tertiary alicyclic amines) is 2. The lowest BCUT2D eigenvalue weighted by molar-refractivity contribution is 0.0584. The van der Waals surface area contributed by atoms with Gasteiger partial charge < -0.3 is 20.0 Å². The third-order valence-corrected chi connectivity index (χ3v) is 8.24. The van der Waals surface area contributed by atoms with E-state index in [-0.39, 0.29) is 5.91 Å². The minimum atomic E-state index is 0.0567. The van der Waals surface area contributed by atoms with Crippen LogP contribution >= 0.6 is 0 Å². The van der Waals surface area contributed by atoms with Gasteiger partial charge in [-0.2, -0.15) is 0 Å². The largest absolute Gasteiger partial charge is 0.372 e. The van der Waals surface area contributed by atoms with Gasteiger partial charge in [0.15, 0.2) is 0 Å². The molecule has 0 bridgehead atoms. The molecule has 4 heterocycles. The Labute approximate surface area is 209 Å². The van der Waals surface area contributed by atoms with E-state index >= 15 is 0 Å². The summed E-state index contributed by atoms with van der Waals surface area (Å²) in [4.78, 5) is 29.3. The molecule has 2 aromatic rings. The van der Waals surface area contributed by atoms with E-state index in [2.05, 4.69) is 55.4 Å². The van der Waals surface area contributed by atoms with Gasteiger partial charge in [0.2, 0.25) is 0 Å².